The van der Waals surface area contributed by atoms with Crippen LogP contribution in [-0.4, -0.2) is 42.6 Å². The third-order valence-electron chi connectivity index (χ3n) is 4.42. The number of halogens is 1. The zero-order valence-electron chi connectivity index (χ0n) is 13.0. The van der Waals surface area contributed by atoms with Gasteiger partial charge in [-0.25, -0.2) is 9.37 Å². The van der Waals surface area contributed by atoms with Crippen LogP contribution in [0.4, 0.5) is 15.2 Å². The van der Waals surface area contributed by atoms with Crippen molar-refractivity contribution < 1.29 is 9.13 Å². The number of benzene rings is 1. The summed E-state index contributed by atoms with van der Waals surface area (Å²) in [5, 5.41) is 1.02. The standard InChI is InChI=1S/C16H19FN4OS/c1-22-14-5-4-12(10-13(14)17)20-6-8-21(9-7-20)16-18-15(19-23-16)11-2-3-11/h4-5,10-11H,2-3,6-9H2,1H3. The minimum atomic E-state index is -0.314. The van der Waals surface area contributed by atoms with Gasteiger partial charge in [0.25, 0.3) is 0 Å². The summed E-state index contributed by atoms with van der Waals surface area (Å²) in [7, 11) is 1.48. The predicted octanol–water partition coefficient (Wildman–Crippen LogP) is 2.89. The summed E-state index contributed by atoms with van der Waals surface area (Å²) >= 11 is 1.50. The largest absolute Gasteiger partial charge is 0.494 e. The van der Waals surface area contributed by atoms with E-state index in [4.69, 9.17) is 4.74 Å². The van der Waals surface area contributed by atoms with Gasteiger partial charge in [-0.05, 0) is 25.0 Å². The van der Waals surface area contributed by atoms with Gasteiger partial charge in [0.15, 0.2) is 11.6 Å². The van der Waals surface area contributed by atoms with Gasteiger partial charge in [-0.1, -0.05) is 0 Å². The molecule has 1 saturated heterocycles. The molecule has 0 amide bonds. The summed E-state index contributed by atoms with van der Waals surface area (Å²) in [5.74, 6) is 1.59. The Morgan fingerprint density at radius 1 is 1.17 bits per heavy atom. The Balaban J connectivity index is 1.40. The second kappa shape index (κ2) is 5.96. The molecule has 5 nitrogen and oxygen atoms in total. The van der Waals surface area contributed by atoms with Crippen molar-refractivity contribution >= 4 is 22.4 Å². The van der Waals surface area contributed by atoms with Crippen molar-refractivity contribution in [2.75, 3.05) is 43.1 Å². The number of piperazine rings is 1. The molecule has 1 aromatic carbocycles. The fourth-order valence-electron chi connectivity index (χ4n) is 2.87. The zero-order valence-corrected chi connectivity index (χ0v) is 13.9. The number of rotatable bonds is 4. The molecule has 7 heteroatoms. The molecule has 1 saturated carbocycles. The Bertz CT molecular complexity index is 695. The van der Waals surface area contributed by atoms with Crippen LogP contribution in [0.3, 0.4) is 0 Å². The lowest BCUT2D eigenvalue weighted by molar-refractivity contribution is 0.386. The number of anilines is 2. The van der Waals surface area contributed by atoms with E-state index in [0.717, 1.165) is 42.8 Å². The van der Waals surface area contributed by atoms with E-state index >= 15 is 0 Å². The molecule has 1 aliphatic carbocycles. The Morgan fingerprint density at radius 2 is 1.91 bits per heavy atom. The second-order valence-corrected chi connectivity index (χ2v) is 6.73. The van der Waals surface area contributed by atoms with Crippen molar-refractivity contribution in [1.29, 1.82) is 0 Å². The lowest BCUT2D eigenvalue weighted by Crippen LogP contribution is -2.46. The van der Waals surface area contributed by atoms with E-state index in [-0.39, 0.29) is 11.6 Å². The van der Waals surface area contributed by atoms with Crippen LogP contribution in [0.15, 0.2) is 18.2 Å². The van der Waals surface area contributed by atoms with Gasteiger partial charge in [-0.15, -0.1) is 0 Å². The highest BCUT2D eigenvalue weighted by Gasteiger charge is 2.29. The second-order valence-electron chi connectivity index (χ2n) is 6.00. The molecular weight excluding hydrogens is 315 g/mol. The topological polar surface area (TPSA) is 41.5 Å². The van der Waals surface area contributed by atoms with E-state index in [1.165, 1.54) is 31.5 Å². The first-order valence-corrected chi connectivity index (χ1v) is 8.69. The highest BCUT2D eigenvalue weighted by molar-refractivity contribution is 7.09. The van der Waals surface area contributed by atoms with E-state index in [1.54, 1.807) is 12.1 Å². The van der Waals surface area contributed by atoms with Gasteiger partial charge in [0.1, 0.15) is 5.82 Å². The summed E-state index contributed by atoms with van der Waals surface area (Å²) in [5.41, 5.74) is 0.902. The van der Waals surface area contributed by atoms with E-state index in [2.05, 4.69) is 19.2 Å². The summed E-state index contributed by atoms with van der Waals surface area (Å²) < 4.78 is 23.3. The SMILES string of the molecule is COc1ccc(N2CCN(c3nc(C4CC4)ns3)CC2)cc1F. The number of hydrogen-bond acceptors (Lipinski definition) is 6. The monoisotopic (exact) mass is 334 g/mol. The maximum absolute atomic E-state index is 13.9. The van der Waals surface area contributed by atoms with Crippen molar-refractivity contribution in [2.45, 2.75) is 18.8 Å². The number of ether oxygens (including phenoxy) is 1. The Morgan fingerprint density at radius 3 is 2.57 bits per heavy atom. The molecular formula is C16H19FN4OS. The van der Waals surface area contributed by atoms with Gasteiger partial charge in [0, 0.05) is 55.4 Å². The highest BCUT2D eigenvalue weighted by atomic mass is 32.1. The molecule has 0 atom stereocenters. The third kappa shape index (κ3) is 2.97. The zero-order chi connectivity index (χ0) is 15.8. The van der Waals surface area contributed by atoms with Crippen molar-refractivity contribution in [3.8, 4) is 5.75 Å². The summed E-state index contributed by atoms with van der Waals surface area (Å²) in [6.07, 6.45) is 2.46. The Labute approximate surface area is 138 Å². The first-order chi connectivity index (χ1) is 11.2. The fraction of sp³-hybridized carbons (Fsp3) is 0.500. The molecule has 1 aliphatic heterocycles. The molecule has 2 aliphatic rings. The molecule has 2 aromatic rings. The van der Waals surface area contributed by atoms with Crippen LogP contribution >= 0.6 is 11.5 Å². The summed E-state index contributed by atoms with van der Waals surface area (Å²) in [4.78, 5) is 9.14. The lowest BCUT2D eigenvalue weighted by Gasteiger charge is -2.35. The van der Waals surface area contributed by atoms with Crippen molar-refractivity contribution in [3.63, 3.8) is 0 Å². The highest BCUT2D eigenvalue weighted by Crippen LogP contribution is 2.39. The molecule has 1 aromatic heterocycles. The van der Waals surface area contributed by atoms with Crippen molar-refractivity contribution in [3.05, 3.63) is 29.8 Å². The molecule has 0 unspecified atom stereocenters. The predicted molar refractivity (Wildman–Crippen MR) is 89.3 cm³/mol. The van der Waals surface area contributed by atoms with Gasteiger partial charge in [-0.3, -0.25) is 0 Å². The molecule has 2 heterocycles. The van der Waals surface area contributed by atoms with Crippen LogP contribution in [0.25, 0.3) is 0 Å². The maximum atomic E-state index is 13.9. The Kier molecular flexibility index (Phi) is 3.80. The number of methoxy groups -OCH3 is 1. The van der Waals surface area contributed by atoms with Gasteiger partial charge in [0.05, 0.1) is 7.11 Å². The average Bonchev–Trinajstić information content (AvgIpc) is 3.32. The molecule has 2 fully saturated rings. The quantitative estimate of drug-likeness (QED) is 0.860. The van der Waals surface area contributed by atoms with Crippen LogP contribution in [0, 0.1) is 5.82 Å². The van der Waals surface area contributed by atoms with Crippen LogP contribution in [-0.2, 0) is 0 Å². The van der Waals surface area contributed by atoms with Crippen molar-refractivity contribution in [1.82, 2.24) is 9.36 Å². The summed E-state index contributed by atoms with van der Waals surface area (Å²) in [6, 6.07) is 5.14. The average molecular weight is 334 g/mol. The molecule has 23 heavy (non-hydrogen) atoms. The van der Waals surface area contributed by atoms with E-state index < -0.39 is 0 Å². The number of nitrogens with zero attached hydrogens (tertiary/aromatic N) is 4. The van der Waals surface area contributed by atoms with E-state index in [9.17, 15) is 4.39 Å². The fourth-order valence-corrected chi connectivity index (χ4v) is 3.67. The third-order valence-corrected chi connectivity index (χ3v) is 5.22. The van der Waals surface area contributed by atoms with E-state index in [1.807, 2.05) is 6.07 Å². The van der Waals surface area contributed by atoms with Gasteiger partial charge >= 0.3 is 0 Å². The normalized spacial score (nSPS) is 18.3. The summed E-state index contributed by atoms with van der Waals surface area (Å²) in [6.45, 7) is 3.47. The van der Waals surface area contributed by atoms with Crippen molar-refractivity contribution in [2.24, 2.45) is 0 Å². The maximum Gasteiger partial charge on any atom is 0.205 e. The Hall–Kier alpha value is -1.89. The van der Waals surface area contributed by atoms with Crippen LogP contribution in [0.1, 0.15) is 24.6 Å². The molecule has 0 spiro atoms. The van der Waals surface area contributed by atoms with Gasteiger partial charge in [-0.2, -0.15) is 4.37 Å². The molecule has 0 N–H and O–H groups in total. The van der Waals surface area contributed by atoms with Crippen LogP contribution in [0.5, 0.6) is 5.75 Å². The van der Waals surface area contributed by atoms with Gasteiger partial charge in [0.2, 0.25) is 5.13 Å². The minimum Gasteiger partial charge on any atom is -0.494 e. The van der Waals surface area contributed by atoms with Gasteiger partial charge < -0.3 is 14.5 Å². The molecule has 122 valence electrons. The lowest BCUT2D eigenvalue weighted by atomic mass is 10.2. The molecule has 0 bridgehead atoms. The minimum absolute atomic E-state index is 0.286. The van der Waals surface area contributed by atoms with E-state index in [0.29, 0.717) is 5.92 Å². The molecule has 4 rings (SSSR count). The first-order valence-electron chi connectivity index (χ1n) is 7.91. The molecule has 0 radical (unpaired) electrons. The van der Waals surface area contributed by atoms with Crippen LogP contribution < -0.4 is 14.5 Å². The first kappa shape index (κ1) is 14.7. The smallest absolute Gasteiger partial charge is 0.205 e. The van der Waals surface area contributed by atoms with Crippen LogP contribution in [0.2, 0.25) is 0 Å². The number of aromatic nitrogens is 2. The number of hydrogen-bond donors (Lipinski definition) is 0.